The van der Waals surface area contributed by atoms with Gasteiger partial charge in [0, 0.05) is 17.1 Å². The predicted molar refractivity (Wildman–Crippen MR) is 146 cm³/mol. The molecule has 4 N–H and O–H groups in total. The molecule has 0 aliphatic heterocycles. The molecular weight excluding hydrogens is 452 g/mol. The van der Waals surface area contributed by atoms with Crippen LogP contribution < -0.4 is 10.6 Å². The van der Waals surface area contributed by atoms with Crippen LogP contribution in [0, 0.1) is 5.41 Å². The van der Waals surface area contributed by atoms with Crippen LogP contribution in [0.15, 0.2) is 113 Å². The molecule has 0 aromatic heterocycles. The average Bonchev–Trinajstić information content (AvgIpc) is 2.92. The van der Waals surface area contributed by atoms with E-state index in [4.69, 9.17) is 0 Å². The number of nitrogens with one attached hydrogen (secondary N) is 2. The van der Waals surface area contributed by atoms with E-state index in [0.717, 1.165) is 34.2 Å². The number of aliphatic hydroxyl groups excluding tert-OH is 2. The predicted octanol–water partition coefficient (Wildman–Crippen LogP) is 5.33. The first-order valence-electron chi connectivity index (χ1n) is 11.6. The Morgan fingerprint density at radius 2 is 1.14 bits per heavy atom. The lowest BCUT2D eigenvalue weighted by Crippen LogP contribution is -2.39. The maximum Gasteiger partial charge on any atom is 0.234 e. The minimum absolute atomic E-state index is 0.443. The smallest absolute Gasteiger partial charge is 0.234 e. The van der Waals surface area contributed by atoms with Gasteiger partial charge in [-0.1, -0.05) is 18.2 Å². The van der Waals surface area contributed by atoms with Gasteiger partial charge in [-0.05, 0) is 91.9 Å². The van der Waals surface area contributed by atoms with Crippen molar-refractivity contribution in [2.45, 2.75) is 6.92 Å². The van der Waals surface area contributed by atoms with E-state index in [9.17, 15) is 15.0 Å². The number of hydrogen-bond donors (Lipinski definition) is 4. The summed E-state index contributed by atoms with van der Waals surface area (Å²) in [6, 6.07) is 25.0. The molecule has 0 radical (unpaired) electrons. The first-order valence-corrected chi connectivity index (χ1v) is 11.6. The first kappa shape index (κ1) is 24.8. The summed E-state index contributed by atoms with van der Waals surface area (Å²) in [6.45, 7) is 0.615. The van der Waals surface area contributed by atoms with E-state index in [2.05, 4.69) is 20.6 Å². The molecule has 0 unspecified atom stereocenters. The Bertz CT molecular complexity index is 1290. The van der Waals surface area contributed by atoms with Crippen molar-refractivity contribution in [3.63, 3.8) is 0 Å². The molecule has 0 heterocycles. The molecule has 0 fully saturated rings. The van der Waals surface area contributed by atoms with Gasteiger partial charge in [-0.2, -0.15) is 0 Å². The highest BCUT2D eigenvalue weighted by molar-refractivity contribution is 6.19. The fourth-order valence-electron chi connectivity index (χ4n) is 3.30. The topological polar surface area (TPSA) is 106 Å². The summed E-state index contributed by atoms with van der Waals surface area (Å²) in [6.07, 6.45) is 7.61. The molecule has 7 heteroatoms. The molecule has 4 rings (SSSR count). The van der Waals surface area contributed by atoms with Crippen molar-refractivity contribution < 1.29 is 15.0 Å². The molecular formula is C29H28N4O3. The maximum atomic E-state index is 12.3. The van der Waals surface area contributed by atoms with Gasteiger partial charge in [-0.15, -0.1) is 0 Å². The fourth-order valence-corrected chi connectivity index (χ4v) is 3.30. The van der Waals surface area contributed by atoms with E-state index in [-0.39, 0.29) is 0 Å². The summed E-state index contributed by atoms with van der Waals surface area (Å²) in [5.41, 5.74) is 4.54. The van der Waals surface area contributed by atoms with E-state index in [1.165, 1.54) is 6.92 Å². The number of carbonyl (C=O) groups is 1. The number of carbonyl (C=O) groups excluding carboxylic acids is 1. The van der Waals surface area contributed by atoms with Gasteiger partial charge in [0.15, 0.2) is 0 Å². The van der Waals surface area contributed by atoms with Crippen molar-refractivity contribution in [1.29, 1.82) is 0 Å². The van der Waals surface area contributed by atoms with E-state index < -0.39 is 24.5 Å². The van der Waals surface area contributed by atoms with E-state index >= 15 is 0 Å². The second-order valence-electron chi connectivity index (χ2n) is 8.66. The summed E-state index contributed by atoms with van der Waals surface area (Å²) < 4.78 is 0. The first-order chi connectivity index (χ1) is 17.5. The number of benzene rings is 3. The normalized spacial score (nSPS) is 12.9. The summed E-state index contributed by atoms with van der Waals surface area (Å²) in [4.78, 5) is 21.5. The zero-order chi connectivity index (χ0) is 25.4. The average molecular weight is 481 g/mol. The number of aliphatic imine (C=N–C) groups is 2. The van der Waals surface area contributed by atoms with Crippen LogP contribution in [0.3, 0.4) is 0 Å². The zero-order valence-electron chi connectivity index (χ0n) is 19.9. The Morgan fingerprint density at radius 1 is 0.694 bits per heavy atom. The molecule has 0 saturated heterocycles. The lowest BCUT2D eigenvalue weighted by atomic mass is 9.92. The van der Waals surface area contributed by atoms with Gasteiger partial charge in [0.05, 0.1) is 41.4 Å². The highest BCUT2D eigenvalue weighted by Gasteiger charge is 2.31. The molecule has 3 aromatic carbocycles. The monoisotopic (exact) mass is 480 g/mol. The molecule has 36 heavy (non-hydrogen) atoms. The van der Waals surface area contributed by atoms with Crippen molar-refractivity contribution in [1.82, 2.24) is 0 Å². The third-order valence-corrected chi connectivity index (χ3v) is 5.67. The summed E-state index contributed by atoms with van der Waals surface area (Å²) in [5.74, 6) is -0.446. The second kappa shape index (κ2) is 11.4. The number of anilines is 3. The number of nitrogens with zero attached hydrogens (tertiary/aromatic N) is 2. The minimum Gasteiger partial charge on any atom is -0.395 e. The molecule has 1 aliphatic rings. The van der Waals surface area contributed by atoms with Crippen LogP contribution in [0.1, 0.15) is 6.92 Å². The Kier molecular flexibility index (Phi) is 7.85. The lowest BCUT2D eigenvalue weighted by Gasteiger charge is -2.23. The van der Waals surface area contributed by atoms with Crippen molar-refractivity contribution in [3.05, 3.63) is 103 Å². The van der Waals surface area contributed by atoms with Gasteiger partial charge in [0.25, 0.3) is 0 Å². The minimum atomic E-state index is -1.24. The number of hydrogen-bond acceptors (Lipinski definition) is 6. The van der Waals surface area contributed by atoms with E-state index in [1.54, 1.807) is 24.3 Å². The summed E-state index contributed by atoms with van der Waals surface area (Å²) >= 11 is 0. The maximum absolute atomic E-state index is 12.3. The van der Waals surface area contributed by atoms with Crippen LogP contribution >= 0.6 is 0 Å². The van der Waals surface area contributed by atoms with Crippen LogP contribution in [0.4, 0.5) is 28.4 Å². The van der Waals surface area contributed by atoms with E-state index in [0.29, 0.717) is 5.69 Å². The van der Waals surface area contributed by atoms with Crippen LogP contribution in [0.2, 0.25) is 0 Å². The van der Waals surface area contributed by atoms with Crippen molar-refractivity contribution in [2.75, 3.05) is 23.8 Å². The number of aliphatic hydroxyl groups is 2. The van der Waals surface area contributed by atoms with Crippen molar-refractivity contribution in [2.24, 2.45) is 15.4 Å². The molecule has 1 aliphatic carbocycles. The molecule has 0 bridgehead atoms. The zero-order valence-corrected chi connectivity index (χ0v) is 19.9. The molecule has 3 aromatic rings. The summed E-state index contributed by atoms with van der Waals surface area (Å²) in [7, 11) is 0. The molecule has 0 spiro atoms. The molecule has 182 valence electrons. The van der Waals surface area contributed by atoms with Gasteiger partial charge in [0.2, 0.25) is 5.91 Å². The van der Waals surface area contributed by atoms with Gasteiger partial charge in [-0.25, -0.2) is 9.98 Å². The van der Waals surface area contributed by atoms with Crippen LogP contribution in [-0.2, 0) is 4.79 Å². The van der Waals surface area contributed by atoms with Gasteiger partial charge in [0.1, 0.15) is 0 Å². The number of rotatable bonds is 8. The van der Waals surface area contributed by atoms with Gasteiger partial charge >= 0.3 is 0 Å². The second-order valence-corrected chi connectivity index (χ2v) is 8.66. The fraction of sp³-hybridized carbons (Fsp3) is 0.138. The van der Waals surface area contributed by atoms with Crippen LogP contribution in [-0.4, -0.2) is 40.8 Å². The third kappa shape index (κ3) is 6.41. The summed E-state index contributed by atoms with van der Waals surface area (Å²) in [5, 5.41) is 24.8. The molecule has 7 nitrogen and oxygen atoms in total. The number of allylic oxidation sites excluding steroid dienone is 4. The van der Waals surface area contributed by atoms with Gasteiger partial charge in [-0.3, -0.25) is 4.79 Å². The van der Waals surface area contributed by atoms with Gasteiger partial charge < -0.3 is 20.8 Å². The Hall–Kier alpha value is -4.33. The molecule has 0 saturated carbocycles. The highest BCUT2D eigenvalue weighted by Crippen LogP contribution is 2.23. The molecule has 0 atom stereocenters. The van der Waals surface area contributed by atoms with Crippen LogP contribution in [0.5, 0.6) is 0 Å². The van der Waals surface area contributed by atoms with Crippen LogP contribution in [0.25, 0.3) is 0 Å². The Balaban J connectivity index is 1.35. The quantitative estimate of drug-likeness (QED) is 0.327. The molecule has 1 amide bonds. The largest absolute Gasteiger partial charge is 0.395 e. The Labute approximate surface area is 210 Å². The number of para-hydroxylation sites is 1. The Morgan fingerprint density at radius 3 is 1.61 bits per heavy atom. The SMILES string of the molecule is CC(CO)(CO)C(=O)Nc1ccc(N=C2C=CC(=Nc3ccc(Nc4ccccc4)cc3)C=C2)cc1. The highest BCUT2D eigenvalue weighted by atomic mass is 16.3. The lowest BCUT2D eigenvalue weighted by molar-refractivity contribution is -0.129. The van der Waals surface area contributed by atoms with E-state index in [1.807, 2.05) is 78.9 Å². The number of amides is 1. The third-order valence-electron chi connectivity index (χ3n) is 5.67. The standard InChI is InChI=1S/C29H28N4O3/c1-29(19-34,20-35)28(36)33-27-17-15-26(16-18-27)32-25-13-11-24(12-14-25)31-23-9-7-22(8-10-23)30-21-5-3-2-4-6-21/h2-18,30,34-35H,19-20H2,1H3,(H,33,36). The van der Waals surface area contributed by atoms with Crippen molar-refractivity contribution >= 4 is 45.8 Å². The van der Waals surface area contributed by atoms with Crippen molar-refractivity contribution in [3.8, 4) is 0 Å².